The molecule has 1 amide bonds. The van der Waals surface area contributed by atoms with E-state index in [0.29, 0.717) is 18.5 Å². The molecule has 1 aliphatic rings. The highest BCUT2D eigenvalue weighted by Gasteiger charge is 2.48. The monoisotopic (exact) mass is 389 g/mol. The standard InChI is InChI=1S/C12H13Br2N3O2/c13-7-3-1-4-8(14)9(7)16-11(18)12(5-2-6-12)10(15)17-19/h1,3-4,19H,2,5-6H2,(H2,15,17)(H,16,18). The Morgan fingerprint density at radius 3 is 2.37 bits per heavy atom. The van der Waals surface area contributed by atoms with Gasteiger partial charge in [-0.25, -0.2) is 0 Å². The van der Waals surface area contributed by atoms with E-state index >= 15 is 0 Å². The molecule has 0 saturated heterocycles. The molecule has 1 aliphatic carbocycles. The van der Waals surface area contributed by atoms with Crippen molar-refractivity contribution in [1.82, 2.24) is 0 Å². The van der Waals surface area contributed by atoms with Crippen molar-refractivity contribution in [2.75, 3.05) is 5.32 Å². The van der Waals surface area contributed by atoms with E-state index in [2.05, 4.69) is 42.3 Å². The molecule has 0 aliphatic heterocycles. The molecular formula is C12H13Br2N3O2. The van der Waals surface area contributed by atoms with Crippen LogP contribution in [-0.2, 0) is 4.79 Å². The predicted molar refractivity (Wildman–Crippen MR) is 80.2 cm³/mol. The summed E-state index contributed by atoms with van der Waals surface area (Å²) in [4.78, 5) is 12.4. The zero-order valence-electron chi connectivity index (χ0n) is 9.99. The third-order valence-corrected chi connectivity index (χ3v) is 4.76. The number of halogens is 2. The molecule has 1 aromatic rings. The first-order valence-corrected chi connectivity index (χ1v) is 7.33. The number of carbonyl (C=O) groups is 1. The van der Waals surface area contributed by atoms with Crippen LogP contribution in [0.1, 0.15) is 19.3 Å². The van der Waals surface area contributed by atoms with Crippen LogP contribution in [0.25, 0.3) is 0 Å². The average molecular weight is 391 g/mol. The maximum absolute atomic E-state index is 12.4. The molecule has 0 unspecified atom stereocenters. The number of nitrogens with zero attached hydrogens (tertiary/aromatic N) is 1. The molecule has 102 valence electrons. The lowest BCUT2D eigenvalue weighted by Gasteiger charge is -2.38. The summed E-state index contributed by atoms with van der Waals surface area (Å²) >= 11 is 6.76. The first-order chi connectivity index (χ1) is 9.01. The molecular weight excluding hydrogens is 378 g/mol. The molecule has 0 radical (unpaired) electrons. The summed E-state index contributed by atoms with van der Waals surface area (Å²) in [5, 5.41) is 14.7. The van der Waals surface area contributed by atoms with Crippen LogP contribution < -0.4 is 11.1 Å². The smallest absolute Gasteiger partial charge is 0.238 e. The van der Waals surface area contributed by atoms with Crippen LogP contribution in [0, 0.1) is 5.41 Å². The lowest BCUT2D eigenvalue weighted by Crippen LogP contribution is -2.51. The topological polar surface area (TPSA) is 87.7 Å². The highest BCUT2D eigenvalue weighted by atomic mass is 79.9. The Kier molecular flexibility index (Phi) is 4.15. The first-order valence-electron chi connectivity index (χ1n) is 5.75. The van der Waals surface area contributed by atoms with Gasteiger partial charge in [0, 0.05) is 8.95 Å². The lowest BCUT2D eigenvalue weighted by atomic mass is 9.67. The Bertz CT molecular complexity index is 522. The summed E-state index contributed by atoms with van der Waals surface area (Å²) in [5.74, 6) is -0.277. The van der Waals surface area contributed by atoms with Crippen LogP contribution in [0.4, 0.5) is 5.69 Å². The number of oxime groups is 1. The van der Waals surface area contributed by atoms with Crippen molar-refractivity contribution in [1.29, 1.82) is 0 Å². The van der Waals surface area contributed by atoms with Crippen molar-refractivity contribution in [3.8, 4) is 0 Å². The van der Waals surface area contributed by atoms with E-state index in [1.807, 2.05) is 18.2 Å². The second-order valence-corrected chi connectivity index (χ2v) is 6.18. The minimum Gasteiger partial charge on any atom is -0.409 e. The summed E-state index contributed by atoms with van der Waals surface area (Å²) in [5.41, 5.74) is 5.42. The Balaban J connectivity index is 2.26. The zero-order chi connectivity index (χ0) is 14.0. The molecule has 0 aromatic heterocycles. The van der Waals surface area contributed by atoms with Gasteiger partial charge in [-0.1, -0.05) is 17.6 Å². The highest BCUT2D eigenvalue weighted by molar-refractivity contribution is 9.11. The second kappa shape index (κ2) is 5.50. The number of benzene rings is 1. The van der Waals surface area contributed by atoms with Gasteiger partial charge in [0.1, 0.15) is 5.41 Å². The fourth-order valence-corrected chi connectivity index (χ4v) is 3.27. The summed E-state index contributed by atoms with van der Waals surface area (Å²) in [6, 6.07) is 5.51. The quantitative estimate of drug-likeness (QED) is 0.320. The molecule has 1 saturated carbocycles. The molecule has 4 N–H and O–H groups in total. The van der Waals surface area contributed by atoms with Crippen molar-refractivity contribution in [2.45, 2.75) is 19.3 Å². The second-order valence-electron chi connectivity index (χ2n) is 4.47. The van der Waals surface area contributed by atoms with Crippen LogP contribution in [-0.4, -0.2) is 17.0 Å². The largest absolute Gasteiger partial charge is 0.409 e. The zero-order valence-corrected chi connectivity index (χ0v) is 13.2. The maximum Gasteiger partial charge on any atom is 0.238 e. The van der Waals surface area contributed by atoms with Crippen LogP contribution in [0.2, 0.25) is 0 Å². The Hall–Kier alpha value is -1.08. The number of carbonyl (C=O) groups excluding carboxylic acids is 1. The van der Waals surface area contributed by atoms with Gasteiger partial charge in [-0.3, -0.25) is 4.79 Å². The summed E-state index contributed by atoms with van der Waals surface area (Å²) in [6.45, 7) is 0. The minimum absolute atomic E-state index is 0.0283. The van der Waals surface area contributed by atoms with Gasteiger partial charge in [-0.15, -0.1) is 0 Å². The fraction of sp³-hybridized carbons (Fsp3) is 0.333. The Labute approximate surface area is 127 Å². The van der Waals surface area contributed by atoms with Gasteiger partial charge in [0.2, 0.25) is 5.91 Å². The van der Waals surface area contributed by atoms with E-state index in [9.17, 15) is 4.79 Å². The number of amides is 1. The number of amidine groups is 1. The minimum atomic E-state index is -0.885. The van der Waals surface area contributed by atoms with E-state index in [1.54, 1.807) is 0 Å². The molecule has 2 rings (SSSR count). The number of anilines is 1. The highest BCUT2D eigenvalue weighted by Crippen LogP contribution is 2.43. The molecule has 1 fully saturated rings. The molecule has 5 nitrogen and oxygen atoms in total. The van der Waals surface area contributed by atoms with Crippen molar-refractivity contribution in [3.63, 3.8) is 0 Å². The molecule has 7 heteroatoms. The van der Waals surface area contributed by atoms with Crippen molar-refractivity contribution in [3.05, 3.63) is 27.1 Å². The average Bonchev–Trinajstić information content (AvgIpc) is 2.32. The molecule has 0 atom stereocenters. The van der Waals surface area contributed by atoms with E-state index < -0.39 is 5.41 Å². The van der Waals surface area contributed by atoms with Crippen LogP contribution in [0.5, 0.6) is 0 Å². The molecule has 0 spiro atoms. The van der Waals surface area contributed by atoms with Gasteiger partial charge in [0.25, 0.3) is 0 Å². The third-order valence-electron chi connectivity index (χ3n) is 3.44. The molecule has 0 bridgehead atoms. The van der Waals surface area contributed by atoms with Crippen LogP contribution >= 0.6 is 31.9 Å². The number of hydrogen-bond donors (Lipinski definition) is 3. The van der Waals surface area contributed by atoms with Crippen molar-refractivity contribution in [2.24, 2.45) is 16.3 Å². The number of rotatable bonds is 3. The normalized spacial score (nSPS) is 17.7. The predicted octanol–water partition coefficient (Wildman–Crippen LogP) is 3.07. The summed E-state index contributed by atoms with van der Waals surface area (Å²) < 4.78 is 1.54. The number of hydrogen-bond acceptors (Lipinski definition) is 3. The maximum atomic E-state index is 12.4. The van der Waals surface area contributed by atoms with Gasteiger partial charge in [0.15, 0.2) is 5.84 Å². The summed E-state index contributed by atoms with van der Waals surface area (Å²) in [6.07, 6.45) is 2.08. The third kappa shape index (κ3) is 2.49. The molecule has 0 heterocycles. The first kappa shape index (κ1) is 14.3. The van der Waals surface area contributed by atoms with Gasteiger partial charge in [-0.2, -0.15) is 0 Å². The van der Waals surface area contributed by atoms with E-state index in [-0.39, 0.29) is 11.7 Å². The van der Waals surface area contributed by atoms with Crippen molar-refractivity contribution >= 4 is 49.3 Å². The van der Waals surface area contributed by atoms with E-state index in [0.717, 1.165) is 15.4 Å². The fourth-order valence-electron chi connectivity index (χ4n) is 2.08. The van der Waals surface area contributed by atoms with Gasteiger partial charge >= 0.3 is 0 Å². The van der Waals surface area contributed by atoms with E-state index in [4.69, 9.17) is 10.9 Å². The molecule has 19 heavy (non-hydrogen) atoms. The van der Waals surface area contributed by atoms with Crippen LogP contribution in [0.3, 0.4) is 0 Å². The van der Waals surface area contributed by atoms with Crippen LogP contribution in [0.15, 0.2) is 32.3 Å². The van der Waals surface area contributed by atoms with Gasteiger partial charge in [-0.05, 0) is 56.8 Å². The molecule has 1 aromatic carbocycles. The lowest BCUT2D eigenvalue weighted by molar-refractivity contribution is -0.125. The summed E-state index contributed by atoms with van der Waals surface area (Å²) in [7, 11) is 0. The van der Waals surface area contributed by atoms with Gasteiger partial charge in [0.05, 0.1) is 5.69 Å². The van der Waals surface area contributed by atoms with Crippen molar-refractivity contribution < 1.29 is 10.0 Å². The SMILES string of the molecule is N/C(=N/O)C1(C(=O)Nc2c(Br)cccc2Br)CCC1. The van der Waals surface area contributed by atoms with E-state index in [1.165, 1.54) is 0 Å². The van der Waals surface area contributed by atoms with Gasteiger partial charge < -0.3 is 16.3 Å². The number of nitrogens with two attached hydrogens (primary N) is 1. The Morgan fingerprint density at radius 2 is 1.95 bits per heavy atom. The number of para-hydroxylation sites is 1. The Morgan fingerprint density at radius 1 is 1.37 bits per heavy atom. The number of nitrogens with one attached hydrogen (secondary N) is 1.